The SMILES string of the molecule is c1cncc(-c2ccc(-c3cc(-c4cc5ccccc5c5ccccc45)nc4ccc(-c5cc6ccccc6c6ccccc56)cc34)cc2)c1. The Balaban J connectivity index is 1.23. The molecule has 50 heavy (non-hydrogen) atoms. The molecule has 2 nitrogen and oxygen atoms in total. The van der Waals surface area contributed by atoms with Gasteiger partial charge in [-0.1, -0.05) is 133 Å². The fraction of sp³-hybridized carbons (Fsp3) is 0. The average Bonchev–Trinajstić information content (AvgIpc) is 3.20. The Hall–Kier alpha value is -6.64. The Bertz CT molecular complexity index is 2910. The maximum atomic E-state index is 5.39. The zero-order valence-electron chi connectivity index (χ0n) is 27.2. The molecule has 0 bridgehead atoms. The number of fused-ring (bicyclic) bond motifs is 7. The second-order valence-electron chi connectivity index (χ2n) is 13.0. The molecule has 0 radical (unpaired) electrons. The van der Waals surface area contributed by atoms with Crippen LogP contribution in [0.15, 0.2) is 182 Å². The van der Waals surface area contributed by atoms with Crippen molar-refractivity contribution in [1.29, 1.82) is 0 Å². The normalized spacial score (nSPS) is 11.6. The number of nitrogens with zero attached hydrogens (tertiary/aromatic N) is 2. The molecule has 0 spiro atoms. The molecule has 10 aromatic rings. The minimum absolute atomic E-state index is 0.967. The Morgan fingerprint density at radius 2 is 0.860 bits per heavy atom. The highest BCUT2D eigenvalue weighted by Gasteiger charge is 2.16. The molecule has 0 N–H and O–H groups in total. The summed E-state index contributed by atoms with van der Waals surface area (Å²) < 4.78 is 0. The van der Waals surface area contributed by atoms with Crippen LogP contribution in [0.3, 0.4) is 0 Å². The predicted molar refractivity (Wildman–Crippen MR) is 211 cm³/mol. The monoisotopic (exact) mass is 634 g/mol. The lowest BCUT2D eigenvalue weighted by atomic mass is 9.90. The second kappa shape index (κ2) is 11.5. The van der Waals surface area contributed by atoms with Crippen LogP contribution in [0.4, 0.5) is 0 Å². The number of aromatic nitrogens is 2. The Labute approximate surface area is 290 Å². The van der Waals surface area contributed by atoms with Gasteiger partial charge in [0.25, 0.3) is 0 Å². The molecule has 232 valence electrons. The predicted octanol–water partition coefficient (Wildman–Crippen LogP) is 12.9. The van der Waals surface area contributed by atoms with Crippen LogP contribution in [0.1, 0.15) is 0 Å². The van der Waals surface area contributed by atoms with Gasteiger partial charge in [0.15, 0.2) is 0 Å². The van der Waals surface area contributed by atoms with Gasteiger partial charge in [0.05, 0.1) is 11.2 Å². The lowest BCUT2D eigenvalue weighted by molar-refractivity contribution is 1.33. The minimum atomic E-state index is 0.967. The molecule has 2 heterocycles. The van der Waals surface area contributed by atoms with Gasteiger partial charge in [0.2, 0.25) is 0 Å². The van der Waals surface area contributed by atoms with Gasteiger partial charge in [0, 0.05) is 23.3 Å². The quantitative estimate of drug-likeness (QED) is 0.180. The number of hydrogen-bond acceptors (Lipinski definition) is 2. The van der Waals surface area contributed by atoms with Crippen LogP contribution in [0.5, 0.6) is 0 Å². The minimum Gasteiger partial charge on any atom is -0.264 e. The molecule has 8 aromatic carbocycles. The lowest BCUT2D eigenvalue weighted by Crippen LogP contribution is -1.93. The molecule has 0 aliphatic heterocycles. The van der Waals surface area contributed by atoms with E-state index in [0.29, 0.717) is 0 Å². The number of hydrogen-bond donors (Lipinski definition) is 0. The van der Waals surface area contributed by atoms with Crippen molar-refractivity contribution in [2.45, 2.75) is 0 Å². The van der Waals surface area contributed by atoms with E-state index in [1.807, 2.05) is 18.5 Å². The molecule has 2 heteroatoms. The van der Waals surface area contributed by atoms with Crippen LogP contribution in [0.25, 0.3) is 98.6 Å². The van der Waals surface area contributed by atoms with E-state index in [1.54, 1.807) is 0 Å². The summed E-state index contributed by atoms with van der Waals surface area (Å²) in [7, 11) is 0. The summed E-state index contributed by atoms with van der Waals surface area (Å²) in [6.07, 6.45) is 3.73. The topological polar surface area (TPSA) is 25.8 Å². The lowest BCUT2D eigenvalue weighted by Gasteiger charge is -2.16. The van der Waals surface area contributed by atoms with Gasteiger partial charge in [-0.15, -0.1) is 0 Å². The van der Waals surface area contributed by atoms with Crippen molar-refractivity contribution in [2.75, 3.05) is 0 Å². The molecular weight excluding hydrogens is 605 g/mol. The Morgan fingerprint density at radius 1 is 0.320 bits per heavy atom. The summed E-state index contributed by atoms with van der Waals surface area (Å²) in [5.74, 6) is 0. The first-order valence-electron chi connectivity index (χ1n) is 17.1. The largest absolute Gasteiger partial charge is 0.264 e. The number of benzene rings is 8. The molecule has 0 aliphatic carbocycles. The number of pyridine rings is 2. The molecule has 0 atom stereocenters. The van der Waals surface area contributed by atoms with Gasteiger partial charge in [-0.3, -0.25) is 4.98 Å². The third kappa shape index (κ3) is 4.65. The van der Waals surface area contributed by atoms with Gasteiger partial charge in [-0.2, -0.15) is 0 Å². The summed E-state index contributed by atoms with van der Waals surface area (Å²) in [6.45, 7) is 0. The van der Waals surface area contributed by atoms with Crippen LogP contribution in [-0.4, -0.2) is 9.97 Å². The molecular formula is C48H30N2. The van der Waals surface area contributed by atoms with E-state index in [-0.39, 0.29) is 0 Å². The zero-order valence-corrected chi connectivity index (χ0v) is 27.2. The van der Waals surface area contributed by atoms with Crippen molar-refractivity contribution in [1.82, 2.24) is 9.97 Å². The van der Waals surface area contributed by atoms with E-state index in [0.717, 1.165) is 44.4 Å². The van der Waals surface area contributed by atoms with E-state index in [1.165, 1.54) is 54.2 Å². The van der Waals surface area contributed by atoms with E-state index in [4.69, 9.17) is 4.98 Å². The zero-order chi connectivity index (χ0) is 33.0. The average molecular weight is 635 g/mol. The van der Waals surface area contributed by atoms with Crippen LogP contribution < -0.4 is 0 Å². The first kappa shape index (κ1) is 28.4. The highest BCUT2D eigenvalue weighted by Crippen LogP contribution is 2.41. The molecule has 10 rings (SSSR count). The van der Waals surface area contributed by atoms with Crippen molar-refractivity contribution in [2.24, 2.45) is 0 Å². The van der Waals surface area contributed by atoms with E-state index in [9.17, 15) is 0 Å². The third-order valence-corrected chi connectivity index (χ3v) is 10.1. The van der Waals surface area contributed by atoms with Gasteiger partial charge in [0.1, 0.15) is 0 Å². The van der Waals surface area contributed by atoms with Crippen LogP contribution in [0, 0.1) is 0 Å². The van der Waals surface area contributed by atoms with E-state index >= 15 is 0 Å². The molecule has 0 amide bonds. The van der Waals surface area contributed by atoms with Gasteiger partial charge in [-0.05, 0) is 113 Å². The Kier molecular flexibility index (Phi) is 6.53. The standard InChI is InChI=1S/C48H30N2/c1-3-13-37-33(10-1)26-43(41-17-7-5-15-39(37)41)35-23-24-47-46(28-35)44(32-21-19-31(20-22-32)36-12-9-25-49-30-36)29-48(50-47)45-27-34-11-2-4-14-38(34)40-16-6-8-18-42(40)45/h1-30H. The van der Waals surface area contributed by atoms with Gasteiger partial charge in [-0.25, -0.2) is 4.98 Å². The molecule has 0 saturated heterocycles. The van der Waals surface area contributed by atoms with Crippen LogP contribution >= 0.6 is 0 Å². The maximum Gasteiger partial charge on any atom is 0.0722 e. The molecule has 0 saturated carbocycles. The summed E-state index contributed by atoms with van der Waals surface area (Å²) in [5, 5.41) is 11.1. The maximum absolute atomic E-state index is 5.39. The van der Waals surface area contributed by atoms with E-state index < -0.39 is 0 Å². The third-order valence-electron chi connectivity index (χ3n) is 10.1. The first-order valence-corrected chi connectivity index (χ1v) is 17.1. The van der Waals surface area contributed by atoms with Gasteiger partial charge < -0.3 is 0 Å². The highest BCUT2D eigenvalue weighted by molar-refractivity contribution is 6.16. The summed E-state index contributed by atoms with van der Waals surface area (Å²) in [5.41, 5.74) is 10.0. The molecule has 0 aliphatic rings. The summed E-state index contributed by atoms with van der Waals surface area (Å²) in [4.78, 5) is 9.74. The van der Waals surface area contributed by atoms with Gasteiger partial charge >= 0.3 is 0 Å². The molecule has 0 fully saturated rings. The van der Waals surface area contributed by atoms with Crippen molar-refractivity contribution >= 4 is 54.0 Å². The van der Waals surface area contributed by atoms with Crippen LogP contribution in [0.2, 0.25) is 0 Å². The summed E-state index contributed by atoms with van der Waals surface area (Å²) >= 11 is 0. The molecule has 0 unspecified atom stereocenters. The summed E-state index contributed by atoms with van der Waals surface area (Å²) in [6, 6.07) is 61.4. The number of rotatable bonds is 4. The first-order chi connectivity index (χ1) is 24.8. The highest BCUT2D eigenvalue weighted by atomic mass is 14.7. The fourth-order valence-electron chi connectivity index (χ4n) is 7.71. The van der Waals surface area contributed by atoms with Crippen molar-refractivity contribution in [3.05, 3.63) is 182 Å². The fourth-order valence-corrected chi connectivity index (χ4v) is 7.71. The van der Waals surface area contributed by atoms with E-state index in [2.05, 4.69) is 169 Å². The van der Waals surface area contributed by atoms with Crippen molar-refractivity contribution in [3.63, 3.8) is 0 Å². The second-order valence-corrected chi connectivity index (χ2v) is 13.0. The van der Waals surface area contributed by atoms with Crippen molar-refractivity contribution in [3.8, 4) is 44.6 Å². The van der Waals surface area contributed by atoms with Crippen LogP contribution in [-0.2, 0) is 0 Å². The Morgan fingerprint density at radius 3 is 1.52 bits per heavy atom. The smallest absolute Gasteiger partial charge is 0.0722 e. The molecule has 2 aromatic heterocycles. The van der Waals surface area contributed by atoms with Crippen molar-refractivity contribution < 1.29 is 0 Å².